The summed E-state index contributed by atoms with van der Waals surface area (Å²) in [5.41, 5.74) is 0.334. The minimum atomic E-state index is -0.973. The molecule has 1 amide bonds. The van der Waals surface area contributed by atoms with Crippen LogP contribution in [-0.2, 0) is 16.3 Å². The number of carbonyl (C=O) groups is 1. The number of unbranched alkanes of at least 4 members (excludes halogenated alkanes) is 1. The molecule has 0 bridgehead atoms. The van der Waals surface area contributed by atoms with Gasteiger partial charge >= 0.3 is 6.09 Å². The third-order valence-electron chi connectivity index (χ3n) is 4.31. The van der Waals surface area contributed by atoms with Crippen molar-refractivity contribution in [1.29, 1.82) is 0 Å². The van der Waals surface area contributed by atoms with Crippen molar-refractivity contribution in [3.05, 3.63) is 52.5 Å². The van der Waals surface area contributed by atoms with Gasteiger partial charge in [-0.25, -0.2) is 4.79 Å². The van der Waals surface area contributed by atoms with Gasteiger partial charge in [-0.05, 0) is 66.9 Å². The van der Waals surface area contributed by atoms with Crippen LogP contribution >= 0.6 is 15.9 Å². The van der Waals surface area contributed by atoms with E-state index in [2.05, 4.69) is 21.2 Å². The maximum Gasteiger partial charge on any atom is 0.413 e. The lowest BCUT2D eigenvalue weighted by atomic mass is 9.92. The first-order valence-electron chi connectivity index (χ1n) is 8.77. The average molecular weight is 452 g/mol. The van der Waals surface area contributed by atoms with Crippen molar-refractivity contribution < 1.29 is 18.5 Å². The molecule has 0 aromatic heterocycles. The van der Waals surface area contributed by atoms with E-state index in [1.165, 1.54) is 0 Å². The van der Waals surface area contributed by atoms with E-state index in [4.69, 9.17) is 9.47 Å². The molecule has 2 aromatic carbocycles. The van der Waals surface area contributed by atoms with E-state index in [0.29, 0.717) is 23.9 Å². The summed E-state index contributed by atoms with van der Waals surface area (Å²) >= 11 is 3.47. The van der Waals surface area contributed by atoms with Gasteiger partial charge in [-0.1, -0.05) is 18.2 Å². The van der Waals surface area contributed by atoms with Crippen LogP contribution in [0.5, 0.6) is 11.5 Å². The molecule has 0 aliphatic carbocycles. The summed E-state index contributed by atoms with van der Waals surface area (Å²) < 4.78 is 24.1. The van der Waals surface area contributed by atoms with Gasteiger partial charge in [0.15, 0.2) is 0 Å². The second-order valence-corrected chi connectivity index (χ2v) is 9.26. The van der Waals surface area contributed by atoms with Gasteiger partial charge in [-0.15, -0.1) is 0 Å². The Balaban J connectivity index is 1.54. The Hall–Kier alpha value is -1.86. The summed E-state index contributed by atoms with van der Waals surface area (Å²) in [7, 11) is -0.973. The Labute approximate surface area is 170 Å². The lowest BCUT2D eigenvalue weighted by molar-refractivity contribution is 0.176. The van der Waals surface area contributed by atoms with Crippen molar-refractivity contribution in [3.8, 4) is 11.5 Å². The maximum absolute atomic E-state index is 12.2. The normalized spacial score (nSPS) is 16.0. The standard InChI is InChI=1S/C20H22BrNO4S/c1-20(2)15-12-18(16(21)13-17(15)26-19(23)22-20)25-10-6-7-11-27(24)14-8-4-3-5-9-14/h3-5,8-9,12-13H,6-7,10-11H2,1-2H3,(H,22,23). The number of ether oxygens (including phenoxy) is 2. The van der Waals surface area contributed by atoms with Crippen LogP contribution in [-0.4, -0.2) is 22.7 Å². The van der Waals surface area contributed by atoms with Gasteiger partial charge in [0.1, 0.15) is 11.5 Å². The monoisotopic (exact) mass is 451 g/mol. The second-order valence-electron chi connectivity index (χ2n) is 6.84. The van der Waals surface area contributed by atoms with Crippen molar-refractivity contribution in [1.82, 2.24) is 5.32 Å². The Kier molecular flexibility index (Phi) is 6.22. The van der Waals surface area contributed by atoms with E-state index in [9.17, 15) is 9.00 Å². The molecule has 1 atom stereocenters. The van der Waals surface area contributed by atoms with Crippen LogP contribution in [0.4, 0.5) is 4.79 Å². The molecule has 7 heteroatoms. The molecule has 3 rings (SSSR count). The second kappa shape index (κ2) is 8.44. The minimum absolute atomic E-state index is 0.459. The molecular formula is C20H22BrNO4S. The predicted molar refractivity (Wildman–Crippen MR) is 109 cm³/mol. The molecular weight excluding hydrogens is 430 g/mol. The first kappa shape index (κ1) is 19.9. The van der Waals surface area contributed by atoms with Gasteiger partial charge in [0.05, 0.1) is 27.4 Å². The largest absolute Gasteiger partial charge is 0.492 e. The average Bonchev–Trinajstić information content (AvgIpc) is 2.62. The van der Waals surface area contributed by atoms with Crippen LogP contribution in [0.2, 0.25) is 0 Å². The first-order chi connectivity index (χ1) is 12.9. The van der Waals surface area contributed by atoms with Crippen molar-refractivity contribution in [3.63, 3.8) is 0 Å². The maximum atomic E-state index is 12.2. The number of benzene rings is 2. The summed E-state index contributed by atoms with van der Waals surface area (Å²) in [6.45, 7) is 4.36. The van der Waals surface area contributed by atoms with Crippen molar-refractivity contribution in [2.24, 2.45) is 0 Å². The van der Waals surface area contributed by atoms with Gasteiger partial charge in [0, 0.05) is 16.2 Å². The smallest absolute Gasteiger partial charge is 0.413 e. The van der Waals surface area contributed by atoms with E-state index >= 15 is 0 Å². The van der Waals surface area contributed by atoms with Gasteiger partial charge in [0.25, 0.3) is 0 Å². The molecule has 144 valence electrons. The lowest BCUT2D eigenvalue weighted by Gasteiger charge is -2.33. The molecule has 2 aromatic rings. The molecule has 0 saturated heterocycles. The number of carbonyl (C=O) groups excluding carboxylic acids is 1. The molecule has 0 fully saturated rings. The summed E-state index contributed by atoms with van der Waals surface area (Å²) in [4.78, 5) is 12.5. The Morgan fingerprint density at radius 2 is 1.93 bits per heavy atom. The molecule has 5 nitrogen and oxygen atoms in total. The molecule has 1 aliphatic heterocycles. The molecule has 0 saturated carbocycles. The quantitative estimate of drug-likeness (QED) is 0.616. The van der Waals surface area contributed by atoms with E-state index < -0.39 is 22.4 Å². The zero-order valence-corrected chi connectivity index (χ0v) is 17.7. The van der Waals surface area contributed by atoms with Gasteiger partial charge in [-0.2, -0.15) is 0 Å². The molecule has 1 aliphatic rings. The topological polar surface area (TPSA) is 64.6 Å². The fraction of sp³-hybridized carbons (Fsp3) is 0.350. The van der Waals surface area contributed by atoms with Crippen LogP contribution in [0.1, 0.15) is 32.3 Å². The number of nitrogens with one attached hydrogen (secondary N) is 1. The van der Waals surface area contributed by atoms with Crippen LogP contribution in [0.3, 0.4) is 0 Å². The SMILES string of the molecule is CC1(C)NC(=O)Oc2cc(Br)c(OCCCCS(=O)c3ccccc3)cc21. The fourth-order valence-electron chi connectivity index (χ4n) is 2.87. The lowest BCUT2D eigenvalue weighted by Crippen LogP contribution is -2.46. The Morgan fingerprint density at radius 3 is 2.67 bits per heavy atom. The van der Waals surface area contributed by atoms with Gasteiger partial charge < -0.3 is 14.8 Å². The first-order valence-corrected chi connectivity index (χ1v) is 10.9. The highest BCUT2D eigenvalue weighted by atomic mass is 79.9. The summed E-state index contributed by atoms with van der Waals surface area (Å²) in [5, 5.41) is 2.80. The molecule has 27 heavy (non-hydrogen) atoms. The zero-order valence-electron chi connectivity index (χ0n) is 15.3. The van der Waals surface area contributed by atoms with Crippen LogP contribution < -0.4 is 14.8 Å². The molecule has 0 spiro atoms. The fourth-order valence-corrected chi connectivity index (χ4v) is 4.47. The van der Waals surface area contributed by atoms with Gasteiger partial charge in [-0.3, -0.25) is 4.21 Å². The molecule has 1 unspecified atom stereocenters. The summed E-state index contributed by atoms with van der Waals surface area (Å²) in [6.07, 6.45) is 1.16. The number of amides is 1. The van der Waals surface area contributed by atoms with Crippen LogP contribution in [0.25, 0.3) is 0 Å². The van der Waals surface area contributed by atoms with Crippen LogP contribution in [0.15, 0.2) is 51.8 Å². The zero-order chi connectivity index (χ0) is 19.4. The minimum Gasteiger partial charge on any atom is -0.492 e. The Morgan fingerprint density at radius 1 is 1.19 bits per heavy atom. The van der Waals surface area contributed by atoms with E-state index in [0.717, 1.165) is 27.8 Å². The van der Waals surface area contributed by atoms with Crippen molar-refractivity contribution in [2.75, 3.05) is 12.4 Å². The van der Waals surface area contributed by atoms with Crippen LogP contribution in [0, 0.1) is 0 Å². The highest BCUT2D eigenvalue weighted by Crippen LogP contribution is 2.40. The highest BCUT2D eigenvalue weighted by Gasteiger charge is 2.33. The molecule has 1 heterocycles. The third kappa shape index (κ3) is 4.90. The number of hydrogen-bond donors (Lipinski definition) is 1. The third-order valence-corrected chi connectivity index (χ3v) is 6.39. The number of halogens is 1. The number of rotatable bonds is 7. The van der Waals surface area contributed by atoms with E-state index in [1.807, 2.05) is 50.2 Å². The highest BCUT2D eigenvalue weighted by molar-refractivity contribution is 9.10. The van der Waals surface area contributed by atoms with Crippen molar-refractivity contribution >= 4 is 32.8 Å². The summed E-state index contributed by atoms with van der Waals surface area (Å²) in [5.74, 6) is 1.85. The van der Waals surface area contributed by atoms with Crippen molar-refractivity contribution in [2.45, 2.75) is 37.1 Å². The number of fused-ring (bicyclic) bond motifs is 1. The van der Waals surface area contributed by atoms with E-state index in [-0.39, 0.29) is 0 Å². The molecule has 1 N–H and O–H groups in total. The Bertz CT molecular complexity index is 855. The predicted octanol–water partition coefficient (Wildman–Crippen LogP) is 4.75. The molecule has 0 radical (unpaired) electrons. The van der Waals surface area contributed by atoms with E-state index in [1.54, 1.807) is 6.07 Å². The number of hydrogen-bond acceptors (Lipinski definition) is 4. The summed E-state index contributed by atoms with van der Waals surface area (Å²) in [6, 6.07) is 13.1. The van der Waals surface area contributed by atoms with Gasteiger partial charge in [0.2, 0.25) is 0 Å².